The molecule has 0 aliphatic heterocycles. The fourth-order valence-electron chi connectivity index (χ4n) is 4.80. The zero-order valence-corrected chi connectivity index (χ0v) is 28.3. The zero-order chi connectivity index (χ0) is 32.9. The van der Waals surface area contributed by atoms with E-state index in [-0.39, 0.29) is 32.8 Å². The summed E-state index contributed by atoms with van der Waals surface area (Å²) in [6, 6.07) is 27.9. The Morgan fingerprint density at radius 3 is 1.35 bits per heavy atom. The third kappa shape index (κ3) is 9.50. The SMILES string of the molecule is CC[I-]C(CCCNc1ccc(C(=O)c2ccc(C(=O)OC)cc2)cc1)CNc1ccc(C(=O)c2ccc(C(=O)OC)cc2)cc1. The molecule has 0 spiro atoms. The molecular formula is C37H38IN2O6-. The molecule has 0 fully saturated rings. The zero-order valence-electron chi connectivity index (χ0n) is 26.2. The molecule has 0 saturated heterocycles. The molecule has 0 amide bonds. The summed E-state index contributed by atoms with van der Waals surface area (Å²) in [7, 11) is 2.65. The van der Waals surface area contributed by atoms with Crippen LogP contribution in [0.25, 0.3) is 0 Å². The monoisotopic (exact) mass is 733 g/mol. The molecule has 2 N–H and O–H groups in total. The summed E-state index contributed by atoms with van der Waals surface area (Å²) in [6.45, 7) is 3.97. The van der Waals surface area contributed by atoms with Crippen LogP contribution in [-0.2, 0) is 9.47 Å². The van der Waals surface area contributed by atoms with Crippen molar-refractivity contribution >= 4 is 34.9 Å². The van der Waals surface area contributed by atoms with E-state index in [1.54, 1.807) is 48.5 Å². The van der Waals surface area contributed by atoms with Gasteiger partial charge in [0.2, 0.25) is 0 Å². The Morgan fingerprint density at radius 1 is 0.587 bits per heavy atom. The second-order valence-corrected chi connectivity index (χ2v) is 14.6. The fourth-order valence-corrected chi connectivity index (χ4v) is 7.46. The van der Waals surface area contributed by atoms with E-state index < -0.39 is 11.9 Å². The number of halogens is 1. The molecule has 0 saturated carbocycles. The summed E-state index contributed by atoms with van der Waals surface area (Å²) >= 11 is 0.0517. The van der Waals surface area contributed by atoms with Crippen molar-refractivity contribution in [2.45, 2.75) is 23.7 Å². The standard InChI is InChI=1S/C37H38IN2O6/c1-4-38-31(24-40-33-21-17-28(18-22-33)35(42)26-9-13-30(14-10-26)37(44)46-3)6-5-23-39-32-19-15-27(16-20-32)34(41)25-7-11-29(12-8-25)36(43)45-2/h7-22,31,39-40H,4-6,23-24H2,1-3H3/q-1. The van der Waals surface area contributed by atoms with Gasteiger partial charge < -0.3 is 9.47 Å². The third-order valence-electron chi connectivity index (χ3n) is 7.35. The number of methoxy groups -OCH3 is 2. The number of rotatable bonds is 16. The summed E-state index contributed by atoms with van der Waals surface area (Å²) in [4.78, 5) is 49.0. The van der Waals surface area contributed by atoms with Gasteiger partial charge in [0.05, 0.1) is 19.8 Å². The maximum absolute atomic E-state index is 12.9. The van der Waals surface area contributed by atoms with Crippen LogP contribution in [0, 0.1) is 0 Å². The number of nitrogens with one attached hydrogen (secondary N) is 2. The van der Waals surface area contributed by atoms with Gasteiger partial charge >= 0.3 is 230 Å². The molecule has 46 heavy (non-hydrogen) atoms. The van der Waals surface area contributed by atoms with Gasteiger partial charge in [-0.15, -0.1) is 0 Å². The summed E-state index contributed by atoms with van der Waals surface area (Å²) < 4.78 is 11.3. The van der Waals surface area contributed by atoms with Gasteiger partial charge in [-0.05, 0) is 12.1 Å². The summed E-state index contributed by atoms with van der Waals surface area (Å²) in [5.41, 5.74) is 4.96. The molecular weight excluding hydrogens is 695 g/mol. The van der Waals surface area contributed by atoms with Gasteiger partial charge in [-0.2, -0.15) is 0 Å². The Kier molecular flexibility index (Phi) is 12.9. The van der Waals surface area contributed by atoms with Gasteiger partial charge in [-0.1, -0.05) is 0 Å². The van der Waals surface area contributed by atoms with Gasteiger partial charge in [-0.3, -0.25) is 0 Å². The van der Waals surface area contributed by atoms with E-state index in [0.29, 0.717) is 37.3 Å². The molecule has 0 bridgehead atoms. The maximum atomic E-state index is 12.9. The Balaban J connectivity index is 1.21. The number of alkyl halides is 2. The molecule has 0 heterocycles. The second kappa shape index (κ2) is 17.3. The third-order valence-corrected chi connectivity index (χ3v) is 10.5. The molecule has 0 aliphatic carbocycles. The van der Waals surface area contributed by atoms with Crippen LogP contribution in [-0.4, -0.2) is 59.2 Å². The number of anilines is 2. The molecule has 8 nitrogen and oxygen atoms in total. The quantitative estimate of drug-likeness (QED) is 0.0593. The van der Waals surface area contributed by atoms with Gasteiger partial charge in [0.15, 0.2) is 0 Å². The van der Waals surface area contributed by atoms with E-state index in [9.17, 15) is 19.2 Å². The second-order valence-electron chi connectivity index (χ2n) is 10.4. The van der Waals surface area contributed by atoms with Crippen LogP contribution in [0.4, 0.5) is 11.4 Å². The van der Waals surface area contributed by atoms with E-state index in [4.69, 9.17) is 9.47 Å². The predicted octanol–water partition coefficient (Wildman–Crippen LogP) is 3.50. The van der Waals surface area contributed by atoms with Crippen LogP contribution in [0.1, 0.15) is 72.3 Å². The van der Waals surface area contributed by atoms with Crippen molar-refractivity contribution in [3.63, 3.8) is 0 Å². The Hall–Kier alpha value is -4.51. The summed E-state index contributed by atoms with van der Waals surface area (Å²) in [6.07, 6.45) is 2.14. The first kappa shape index (κ1) is 34.4. The summed E-state index contributed by atoms with van der Waals surface area (Å²) in [5, 5.41) is 7.02. The van der Waals surface area contributed by atoms with Crippen molar-refractivity contribution < 1.29 is 49.9 Å². The molecule has 1 unspecified atom stereocenters. The van der Waals surface area contributed by atoms with Gasteiger partial charge in [0.25, 0.3) is 0 Å². The number of esters is 2. The van der Waals surface area contributed by atoms with E-state index in [1.807, 2.05) is 48.5 Å². The Bertz CT molecular complexity index is 1620. The van der Waals surface area contributed by atoms with Crippen LogP contribution < -0.4 is 31.8 Å². The van der Waals surface area contributed by atoms with E-state index >= 15 is 0 Å². The van der Waals surface area contributed by atoms with Crippen molar-refractivity contribution in [3.8, 4) is 0 Å². The minimum atomic E-state index is -0.433. The van der Waals surface area contributed by atoms with Crippen molar-refractivity contribution in [1.82, 2.24) is 0 Å². The topological polar surface area (TPSA) is 111 Å². The Labute approximate surface area is 280 Å². The fraction of sp³-hybridized carbons (Fsp3) is 0.243. The average molecular weight is 734 g/mol. The first-order valence-corrected chi connectivity index (χ1v) is 17.8. The van der Waals surface area contributed by atoms with Crippen LogP contribution >= 0.6 is 0 Å². The molecule has 4 aromatic rings. The number of carbonyl (C=O) groups is 4. The predicted molar refractivity (Wildman–Crippen MR) is 176 cm³/mol. The molecule has 4 rings (SSSR count). The molecule has 240 valence electrons. The van der Waals surface area contributed by atoms with Crippen molar-refractivity contribution in [2.75, 3.05) is 42.4 Å². The van der Waals surface area contributed by atoms with Crippen LogP contribution in [0.5, 0.6) is 0 Å². The van der Waals surface area contributed by atoms with Crippen molar-refractivity contribution in [1.29, 1.82) is 0 Å². The first-order valence-electron chi connectivity index (χ1n) is 15.0. The average Bonchev–Trinajstić information content (AvgIpc) is 3.11. The molecule has 9 heteroatoms. The normalized spacial score (nSPS) is 11.4. The minimum absolute atomic E-state index is 0.0517. The van der Waals surface area contributed by atoms with E-state index in [0.717, 1.165) is 37.3 Å². The molecule has 0 radical (unpaired) electrons. The van der Waals surface area contributed by atoms with Crippen molar-refractivity contribution in [2.24, 2.45) is 0 Å². The van der Waals surface area contributed by atoms with Gasteiger partial charge in [-0.25, -0.2) is 9.59 Å². The molecule has 1 atom stereocenters. The molecule has 0 aliphatic rings. The Morgan fingerprint density at radius 2 is 0.957 bits per heavy atom. The van der Waals surface area contributed by atoms with Gasteiger partial charge in [0, 0.05) is 0 Å². The number of ether oxygens (including phenoxy) is 2. The van der Waals surface area contributed by atoms with Crippen LogP contribution in [0.15, 0.2) is 97.1 Å². The molecule has 0 aromatic heterocycles. The number of benzene rings is 4. The first-order chi connectivity index (χ1) is 22.3. The molecule has 4 aromatic carbocycles. The van der Waals surface area contributed by atoms with Crippen molar-refractivity contribution in [3.05, 3.63) is 130 Å². The van der Waals surface area contributed by atoms with E-state index in [2.05, 4.69) is 17.6 Å². The van der Waals surface area contributed by atoms with Gasteiger partial charge in [0.1, 0.15) is 0 Å². The number of hydrogen-bond donors (Lipinski definition) is 2. The number of ketones is 2. The summed E-state index contributed by atoms with van der Waals surface area (Å²) in [5.74, 6) is -1.07. The number of carbonyl (C=O) groups excluding carboxylic acids is 4. The van der Waals surface area contributed by atoms with Crippen LogP contribution in [0.3, 0.4) is 0 Å². The van der Waals surface area contributed by atoms with E-state index in [1.165, 1.54) is 18.6 Å². The van der Waals surface area contributed by atoms with Crippen LogP contribution in [0.2, 0.25) is 0 Å². The number of hydrogen-bond acceptors (Lipinski definition) is 8.